The highest BCUT2D eigenvalue weighted by molar-refractivity contribution is 7.80. The molecule has 2 aromatic rings. The molecule has 2 amide bonds. The van der Waals surface area contributed by atoms with Crippen LogP contribution in [0, 0.1) is 6.92 Å². The van der Waals surface area contributed by atoms with Crippen molar-refractivity contribution in [3.05, 3.63) is 64.7 Å². The predicted octanol–water partition coefficient (Wildman–Crippen LogP) is 2.36. The van der Waals surface area contributed by atoms with E-state index in [-0.39, 0.29) is 16.2 Å². The lowest BCUT2D eigenvalue weighted by Crippen LogP contribution is -2.54. The zero-order valence-corrected chi connectivity index (χ0v) is 18.1. The molecule has 2 fully saturated rings. The van der Waals surface area contributed by atoms with Gasteiger partial charge in [0.1, 0.15) is 5.57 Å². The van der Waals surface area contributed by atoms with Gasteiger partial charge in [-0.05, 0) is 72.7 Å². The maximum atomic E-state index is 13.1. The van der Waals surface area contributed by atoms with Crippen molar-refractivity contribution in [3.63, 3.8) is 0 Å². The highest BCUT2D eigenvalue weighted by atomic mass is 32.1. The van der Waals surface area contributed by atoms with E-state index in [2.05, 4.69) is 10.2 Å². The van der Waals surface area contributed by atoms with Gasteiger partial charge in [0.25, 0.3) is 11.8 Å². The summed E-state index contributed by atoms with van der Waals surface area (Å²) in [5.74, 6) is -2.22. The summed E-state index contributed by atoms with van der Waals surface area (Å²) in [6.07, 6.45) is 1.54. The fraction of sp³-hybridized carbons (Fsp3) is 0.217. The van der Waals surface area contributed by atoms with Gasteiger partial charge in [-0.1, -0.05) is 6.07 Å². The average Bonchev–Trinajstić information content (AvgIpc) is 2.77. The van der Waals surface area contributed by atoms with Crippen molar-refractivity contribution >= 4 is 52.6 Å². The number of thiocarbonyl (C=S) groups is 1. The number of aromatic carboxylic acids is 1. The van der Waals surface area contributed by atoms with Crippen molar-refractivity contribution in [1.82, 2.24) is 5.32 Å². The maximum Gasteiger partial charge on any atom is 0.335 e. The monoisotopic (exact) mass is 451 g/mol. The highest BCUT2D eigenvalue weighted by Crippen LogP contribution is 2.26. The largest absolute Gasteiger partial charge is 0.478 e. The van der Waals surface area contributed by atoms with E-state index >= 15 is 0 Å². The third-order valence-corrected chi connectivity index (χ3v) is 5.64. The zero-order valence-electron chi connectivity index (χ0n) is 17.3. The number of aryl methyl sites for hydroxylation is 1. The first-order valence-electron chi connectivity index (χ1n) is 10.0. The van der Waals surface area contributed by atoms with Crippen LogP contribution in [0.3, 0.4) is 0 Å². The van der Waals surface area contributed by atoms with Crippen molar-refractivity contribution in [3.8, 4) is 0 Å². The Balaban J connectivity index is 1.62. The molecule has 8 nitrogen and oxygen atoms in total. The molecule has 0 aliphatic carbocycles. The fourth-order valence-corrected chi connectivity index (χ4v) is 4.02. The molecule has 2 aliphatic rings. The number of nitrogens with zero attached hydrogens (tertiary/aromatic N) is 2. The maximum absolute atomic E-state index is 13.1. The summed E-state index contributed by atoms with van der Waals surface area (Å²) < 4.78 is 5.40. The molecular formula is C23H21N3O5S. The van der Waals surface area contributed by atoms with Crippen LogP contribution in [-0.4, -0.2) is 54.3 Å². The zero-order chi connectivity index (χ0) is 22.8. The van der Waals surface area contributed by atoms with Crippen LogP contribution in [0.2, 0.25) is 0 Å². The number of hydrogen-bond donors (Lipinski definition) is 2. The first-order chi connectivity index (χ1) is 15.3. The third-order valence-electron chi connectivity index (χ3n) is 5.36. The van der Waals surface area contributed by atoms with Gasteiger partial charge in [-0.2, -0.15) is 0 Å². The van der Waals surface area contributed by atoms with Gasteiger partial charge >= 0.3 is 5.97 Å². The van der Waals surface area contributed by atoms with Gasteiger partial charge in [0, 0.05) is 18.8 Å². The van der Waals surface area contributed by atoms with Crippen LogP contribution in [0.15, 0.2) is 48.0 Å². The van der Waals surface area contributed by atoms with Crippen LogP contribution < -0.4 is 15.1 Å². The number of carboxylic acid groups (broad SMARTS) is 1. The normalized spacial score (nSPS) is 18.2. The van der Waals surface area contributed by atoms with Crippen LogP contribution in [0.25, 0.3) is 6.08 Å². The molecule has 0 spiro atoms. The minimum Gasteiger partial charge on any atom is -0.478 e. The van der Waals surface area contributed by atoms with Crippen molar-refractivity contribution < 1.29 is 24.2 Å². The SMILES string of the molecule is Cc1cc(/C=C2\C(=O)NC(=S)N(c3ccc(C(=O)O)cc3)C2=O)ccc1N1CCOCC1. The van der Waals surface area contributed by atoms with Crippen LogP contribution in [0.4, 0.5) is 11.4 Å². The van der Waals surface area contributed by atoms with Crippen LogP contribution in [0.5, 0.6) is 0 Å². The highest BCUT2D eigenvalue weighted by Gasteiger charge is 2.34. The fourth-order valence-electron chi connectivity index (χ4n) is 3.74. The van der Waals surface area contributed by atoms with Gasteiger partial charge in [0.15, 0.2) is 5.11 Å². The van der Waals surface area contributed by atoms with Gasteiger partial charge in [-0.3, -0.25) is 19.8 Å². The van der Waals surface area contributed by atoms with Crippen molar-refractivity contribution in [2.24, 2.45) is 0 Å². The molecule has 9 heteroatoms. The molecule has 0 radical (unpaired) electrons. The van der Waals surface area contributed by atoms with E-state index in [1.807, 2.05) is 25.1 Å². The van der Waals surface area contributed by atoms with Gasteiger partial charge < -0.3 is 14.7 Å². The third kappa shape index (κ3) is 4.25. The second-order valence-electron chi connectivity index (χ2n) is 7.46. The minimum absolute atomic E-state index is 0.0561. The first-order valence-corrected chi connectivity index (χ1v) is 10.4. The van der Waals surface area contributed by atoms with Crippen molar-refractivity contribution in [1.29, 1.82) is 0 Å². The van der Waals surface area contributed by atoms with Gasteiger partial charge in [0.2, 0.25) is 0 Å². The molecule has 2 aliphatic heterocycles. The lowest BCUT2D eigenvalue weighted by Gasteiger charge is -2.30. The Bertz CT molecular complexity index is 1140. The topological polar surface area (TPSA) is 99.2 Å². The second kappa shape index (κ2) is 8.89. The Labute approximate surface area is 190 Å². The quantitative estimate of drug-likeness (QED) is 0.418. The Morgan fingerprint density at radius 3 is 2.44 bits per heavy atom. The number of benzene rings is 2. The Morgan fingerprint density at radius 1 is 1.12 bits per heavy atom. The summed E-state index contributed by atoms with van der Waals surface area (Å²) in [5.41, 5.74) is 3.23. The number of carbonyl (C=O) groups excluding carboxylic acids is 2. The van der Waals surface area contributed by atoms with Crippen LogP contribution in [-0.2, 0) is 14.3 Å². The Morgan fingerprint density at radius 2 is 1.81 bits per heavy atom. The number of nitrogens with one attached hydrogen (secondary N) is 1. The van der Waals surface area contributed by atoms with E-state index in [9.17, 15) is 14.4 Å². The number of carbonyl (C=O) groups is 3. The molecule has 4 rings (SSSR count). The molecule has 0 atom stereocenters. The summed E-state index contributed by atoms with van der Waals surface area (Å²) >= 11 is 5.19. The van der Waals surface area contributed by atoms with E-state index < -0.39 is 17.8 Å². The summed E-state index contributed by atoms with van der Waals surface area (Å²) in [5, 5.41) is 11.6. The summed E-state index contributed by atoms with van der Waals surface area (Å²) in [6.45, 7) is 4.98. The summed E-state index contributed by atoms with van der Waals surface area (Å²) in [7, 11) is 0. The number of hydrogen-bond acceptors (Lipinski definition) is 6. The molecule has 2 N–H and O–H groups in total. The first kappa shape index (κ1) is 21.7. The molecule has 2 saturated heterocycles. The van der Waals surface area contributed by atoms with Gasteiger partial charge in [0.05, 0.1) is 24.5 Å². The Hall–Kier alpha value is -3.56. The van der Waals surface area contributed by atoms with E-state index in [1.54, 1.807) is 0 Å². The molecule has 0 bridgehead atoms. The summed E-state index contributed by atoms with van der Waals surface area (Å²) in [6, 6.07) is 11.5. The summed E-state index contributed by atoms with van der Waals surface area (Å²) in [4.78, 5) is 40.2. The molecule has 2 aromatic carbocycles. The lowest BCUT2D eigenvalue weighted by atomic mass is 10.0. The smallest absolute Gasteiger partial charge is 0.335 e. The minimum atomic E-state index is -1.08. The number of ether oxygens (including phenoxy) is 1. The van der Waals surface area contributed by atoms with Crippen molar-refractivity contribution in [2.45, 2.75) is 6.92 Å². The molecular weight excluding hydrogens is 430 g/mol. The van der Waals surface area contributed by atoms with Crippen LogP contribution >= 0.6 is 12.2 Å². The lowest BCUT2D eigenvalue weighted by molar-refractivity contribution is -0.122. The van der Waals surface area contributed by atoms with E-state index in [0.717, 1.165) is 24.3 Å². The second-order valence-corrected chi connectivity index (χ2v) is 7.84. The van der Waals surface area contributed by atoms with Gasteiger partial charge in [-0.25, -0.2) is 4.79 Å². The van der Waals surface area contributed by atoms with Crippen LogP contribution in [0.1, 0.15) is 21.5 Å². The molecule has 0 saturated carbocycles. The number of morpholine rings is 1. The molecule has 164 valence electrons. The van der Waals surface area contributed by atoms with Crippen molar-refractivity contribution in [2.75, 3.05) is 36.1 Å². The number of amides is 2. The molecule has 2 heterocycles. The van der Waals surface area contributed by atoms with E-state index in [1.165, 1.54) is 35.2 Å². The molecule has 32 heavy (non-hydrogen) atoms. The molecule has 0 aromatic heterocycles. The standard InChI is InChI=1S/C23H21N3O5S/c1-14-12-15(2-7-19(14)25-8-10-31-11-9-25)13-18-20(27)24-23(32)26(21(18)28)17-5-3-16(4-6-17)22(29)30/h2-7,12-13H,8-11H2,1H3,(H,29,30)(H,24,27,32)/b18-13+. The van der Waals surface area contributed by atoms with Gasteiger partial charge in [-0.15, -0.1) is 0 Å². The number of carboxylic acids is 1. The average molecular weight is 452 g/mol. The number of anilines is 2. The van der Waals surface area contributed by atoms with E-state index in [4.69, 9.17) is 22.1 Å². The predicted molar refractivity (Wildman–Crippen MR) is 124 cm³/mol. The molecule has 0 unspecified atom stereocenters. The Kier molecular flexibility index (Phi) is 6.02. The number of rotatable bonds is 4. The van der Waals surface area contributed by atoms with E-state index in [0.29, 0.717) is 24.5 Å².